The Labute approximate surface area is 212 Å². The van der Waals surface area contributed by atoms with E-state index in [1.54, 1.807) is 50.6 Å². The average Bonchev–Trinajstić information content (AvgIpc) is 3.30. The summed E-state index contributed by atoms with van der Waals surface area (Å²) in [4.78, 5) is 18.0. The van der Waals surface area contributed by atoms with Gasteiger partial charge in [-0.05, 0) is 31.2 Å². The SMILES string of the molecule is CNc1ncc(-c2nc3cc(O)ccc3o2)c2cc(Nc3cccc(OCCOCC(C)O)n3)ncc12. The maximum absolute atomic E-state index is 9.79. The third-order valence-corrected chi connectivity index (χ3v) is 5.43. The van der Waals surface area contributed by atoms with Gasteiger partial charge in [0.2, 0.25) is 11.8 Å². The molecule has 5 rings (SSSR count). The topological polar surface area (TPSA) is 148 Å². The number of anilines is 3. The number of pyridine rings is 3. The van der Waals surface area contributed by atoms with Crippen molar-refractivity contribution in [2.75, 3.05) is 37.5 Å². The van der Waals surface area contributed by atoms with Crippen LogP contribution in [0.1, 0.15) is 6.92 Å². The number of ether oxygens (including phenoxy) is 2. The van der Waals surface area contributed by atoms with Gasteiger partial charge in [-0.2, -0.15) is 4.98 Å². The van der Waals surface area contributed by atoms with E-state index < -0.39 is 6.10 Å². The monoisotopic (exact) mass is 502 g/mol. The number of aliphatic hydroxyl groups is 1. The Balaban J connectivity index is 1.41. The Bertz CT molecular complexity index is 1540. The number of nitrogens with zero attached hydrogens (tertiary/aromatic N) is 4. The molecule has 0 bridgehead atoms. The van der Waals surface area contributed by atoms with Crippen LogP contribution in [-0.4, -0.2) is 63.1 Å². The van der Waals surface area contributed by atoms with Gasteiger partial charge in [-0.1, -0.05) is 6.07 Å². The molecule has 11 nitrogen and oxygen atoms in total. The highest BCUT2D eigenvalue weighted by molar-refractivity contribution is 6.01. The third-order valence-electron chi connectivity index (χ3n) is 5.43. The summed E-state index contributed by atoms with van der Waals surface area (Å²) < 4.78 is 16.9. The minimum atomic E-state index is -0.517. The van der Waals surface area contributed by atoms with Crippen LogP contribution in [0, 0.1) is 0 Å². The van der Waals surface area contributed by atoms with Crippen molar-refractivity contribution in [2.45, 2.75) is 13.0 Å². The van der Waals surface area contributed by atoms with Crippen LogP contribution in [0.4, 0.5) is 17.5 Å². The van der Waals surface area contributed by atoms with Crippen LogP contribution < -0.4 is 15.4 Å². The molecule has 0 aliphatic carbocycles. The number of benzene rings is 1. The summed E-state index contributed by atoms with van der Waals surface area (Å²) >= 11 is 0. The Morgan fingerprint density at radius 3 is 2.73 bits per heavy atom. The first-order valence-electron chi connectivity index (χ1n) is 11.7. The van der Waals surface area contributed by atoms with Crippen molar-refractivity contribution in [1.29, 1.82) is 0 Å². The number of phenolic OH excluding ortho intramolecular Hbond substituents is 1. The van der Waals surface area contributed by atoms with Gasteiger partial charge in [-0.15, -0.1) is 0 Å². The second-order valence-corrected chi connectivity index (χ2v) is 8.32. The van der Waals surface area contributed by atoms with Gasteiger partial charge in [0.25, 0.3) is 0 Å². The van der Waals surface area contributed by atoms with E-state index in [1.807, 2.05) is 18.2 Å². The summed E-state index contributed by atoms with van der Waals surface area (Å²) in [6.45, 7) is 2.57. The number of phenols is 1. The van der Waals surface area contributed by atoms with Gasteiger partial charge in [0.05, 0.1) is 24.9 Å². The van der Waals surface area contributed by atoms with Gasteiger partial charge < -0.3 is 34.7 Å². The molecule has 0 aliphatic heterocycles. The molecule has 11 heteroatoms. The van der Waals surface area contributed by atoms with Gasteiger partial charge in [-0.25, -0.2) is 15.0 Å². The Morgan fingerprint density at radius 2 is 1.89 bits per heavy atom. The lowest BCUT2D eigenvalue weighted by Crippen LogP contribution is -2.14. The zero-order chi connectivity index (χ0) is 25.8. The zero-order valence-corrected chi connectivity index (χ0v) is 20.3. The number of aliphatic hydroxyl groups excluding tert-OH is 1. The number of rotatable bonds is 10. The van der Waals surface area contributed by atoms with Crippen LogP contribution in [0.2, 0.25) is 0 Å². The van der Waals surface area contributed by atoms with Crippen molar-refractivity contribution in [3.8, 4) is 23.1 Å². The van der Waals surface area contributed by atoms with Gasteiger partial charge in [0.15, 0.2) is 5.58 Å². The van der Waals surface area contributed by atoms with E-state index in [9.17, 15) is 10.2 Å². The minimum absolute atomic E-state index is 0.113. The Hall–Kier alpha value is -4.48. The maximum atomic E-state index is 9.79. The van der Waals surface area contributed by atoms with Crippen molar-refractivity contribution in [3.63, 3.8) is 0 Å². The lowest BCUT2D eigenvalue weighted by Gasteiger charge is -2.11. The molecule has 0 saturated heterocycles. The second-order valence-electron chi connectivity index (χ2n) is 8.32. The predicted octanol–water partition coefficient (Wildman–Crippen LogP) is 4.10. The number of nitrogens with one attached hydrogen (secondary N) is 2. The second kappa shape index (κ2) is 10.6. The molecular formula is C26H26N6O5. The maximum Gasteiger partial charge on any atom is 0.229 e. The highest BCUT2D eigenvalue weighted by Gasteiger charge is 2.16. The molecule has 0 radical (unpaired) electrons. The van der Waals surface area contributed by atoms with Crippen LogP contribution in [0.25, 0.3) is 33.3 Å². The van der Waals surface area contributed by atoms with Gasteiger partial charge in [0.1, 0.15) is 35.3 Å². The van der Waals surface area contributed by atoms with Crippen LogP contribution in [0.5, 0.6) is 11.6 Å². The molecule has 0 spiro atoms. The molecule has 1 atom stereocenters. The zero-order valence-electron chi connectivity index (χ0n) is 20.3. The van der Waals surface area contributed by atoms with E-state index in [0.29, 0.717) is 59.1 Å². The summed E-state index contributed by atoms with van der Waals surface area (Å²) in [5, 5.41) is 26.9. The molecule has 0 fully saturated rings. The first-order valence-corrected chi connectivity index (χ1v) is 11.7. The summed E-state index contributed by atoms with van der Waals surface area (Å²) in [5.74, 6) is 2.70. The molecule has 1 aromatic carbocycles. The van der Waals surface area contributed by atoms with E-state index in [-0.39, 0.29) is 12.4 Å². The van der Waals surface area contributed by atoms with Crippen LogP contribution in [-0.2, 0) is 4.74 Å². The largest absolute Gasteiger partial charge is 0.508 e. The first-order chi connectivity index (χ1) is 18.0. The number of aromatic hydroxyl groups is 1. The molecule has 0 amide bonds. The summed E-state index contributed by atoms with van der Waals surface area (Å²) in [7, 11) is 1.79. The number of oxazole rings is 1. The number of aromatic nitrogens is 4. The molecule has 4 aromatic heterocycles. The van der Waals surface area contributed by atoms with Crippen LogP contribution in [0.3, 0.4) is 0 Å². The Morgan fingerprint density at radius 1 is 1.00 bits per heavy atom. The van der Waals surface area contributed by atoms with Crippen molar-refractivity contribution in [1.82, 2.24) is 19.9 Å². The van der Waals surface area contributed by atoms with Gasteiger partial charge in [0, 0.05) is 42.3 Å². The molecule has 190 valence electrons. The van der Waals surface area contributed by atoms with E-state index in [2.05, 4.69) is 30.6 Å². The van der Waals surface area contributed by atoms with Crippen molar-refractivity contribution >= 4 is 39.3 Å². The average molecular weight is 503 g/mol. The molecule has 1 unspecified atom stereocenters. The molecule has 4 heterocycles. The van der Waals surface area contributed by atoms with Crippen LogP contribution in [0.15, 0.2) is 59.3 Å². The fourth-order valence-electron chi connectivity index (χ4n) is 3.76. The van der Waals surface area contributed by atoms with Crippen molar-refractivity contribution < 1.29 is 24.1 Å². The van der Waals surface area contributed by atoms with Crippen molar-refractivity contribution in [3.05, 3.63) is 54.9 Å². The lowest BCUT2D eigenvalue weighted by atomic mass is 10.1. The molecule has 5 aromatic rings. The number of hydrogen-bond donors (Lipinski definition) is 4. The van der Waals surface area contributed by atoms with Gasteiger partial charge >= 0.3 is 0 Å². The van der Waals surface area contributed by atoms with E-state index in [4.69, 9.17) is 13.9 Å². The first kappa shape index (κ1) is 24.2. The minimum Gasteiger partial charge on any atom is -0.508 e. The predicted molar refractivity (Wildman–Crippen MR) is 139 cm³/mol. The van der Waals surface area contributed by atoms with E-state index in [1.165, 1.54) is 0 Å². The Kier molecular flexibility index (Phi) is 6.97. The van der Waals surface area contributed by atoms with Crippen molar-refractivity contribution in [2.24, 2.45) is 0 Å². The summed E-state index contributed by atoms with van der Waals surface area (Å²) in [5.41, 5.74) is 1.78. The van der Waals surface area contributed by atoms with E-state index in [0.717, 1.165) is 10.8 Å². The number of fused-ring (bicyclic) bond motifs is 2. The van der Waals surface area contributed by atoms with Gasteiger partial charge in [-0.3, -0.25) is 0 Å². The molecular weight excluding hydrogens is 476 g/mol. The molecule has 0 saturated carbocycles. The number of hydrogen-bond acceptors (Lipinski definition) is 11. The normalized spacial score (nSPS) is 12.1. The highest BCUT2D eigenvalue weighted by Crippen LogP contribution is 2.34. The summed E-state index contributed by atoms with van der Waals surface area (Å²) in [6, 6.07) is 12.0. The lowest BCUT2D eigenvalue weighted by molar-refractivity contribution is 0.0323. The highest BCUT2D eigenvalue weighted by atomic mass is 16.5. The fourth-order valence-corrected chi connectivity index (χ4v) is 3.76. The smallest absolute Gasteiger partial charge is 0.229 e. The standard InChI is InChI=1S/C26H26N6O5/c1-15(33)14-35-8-9-36-24-5-3-4-22(32-24)31-23-11-17-18(12-28-23)25(27-2)29-13-19(17)26-30-20-10-16(34)6-7-21(20)37-26/h3-7,10-13,15,33-34H,8-9,14H2,1-2H3,(H,27,29)(H,28,31,32). The molecule has 37 heavy (non-hydrogen) atoms. The molecule has 0 aliphatic rings. The fraction of sp³-hybridized carbons (Fsp3) is 0.231. The summed E-state index contributed by atoms with van der Waals surface area (Å²) in [6.07, 6.45) is 2.89. The molecule has 4 N–H and O–H groups in total. The van der Waals surface area contributed by atoms with Crippen LogP contribution >= 0.6 is 0 Å². The third kappa shape index (κ3) is 5.52. The van der Waals surface area contributed by atoms with E-state index >= 15 is 0 Å². The quantitative estimate of drug-likeness (QED) is 0.205.